The molecule has 12 rings (SSSR count). The first-order chi connectivity index (χ1) is 32.3. The Kier molecular flexibility index (Phi) is 9.08. The largest absolute Gasteiger partial charge is 0.456 e. The van der Waals surface area contributed by atoms with E-state index in [-0.39, 0.29) is 10.8 Å². The Hall–Kier alpha value is -7.70. The van der Waals surface area contributed by atoms with Crippen LogP contribution in [0.3, 0.4) is 0 Å². The zero-order chi connectivity index (χ0) is 45.9. The van der Waals surface area contributed by atoms with Gasteiger partial charge in [-0.3, -0.25) is 9.97 Å². The van der Waals surface area contributed by atoms with Crippen molar-refractivity contribution in [2.75, 3.05) is 9.80 Å². The third kappa shape index (κ3) is 6.60. The van der Waals surface area contributed by atoms with Crippen molar-refractivity contribution in [3.8, 4) is 0 Å². The predicted molar refractivity (Wildman–Crippen MR) is 282 cm³/mol. The highest BCUT2D eigenvalue weighted by atomic mass is 16.3. The first kappa shape index (κ1) is 40.8. The fourth-order valence-electron chi connectivity index (χ4n) is 10.3. The van der Waals surface area contributed by atoms with Crippen LogP contribution in [0.4, 0.5) is 34.1 Å². The molecule has 12 aromatic rings. The SMILES string of the molecule is CC(C)c1ccc2c(c1)c1c(N(c3ccc(C(C)(C)C)cc3)c3cccnc3)ccc3c4cc5cc6oc7cc(N(c8ccc(C(C)(C)C)cc8)c8cccnc8)ccc7c6cc5cc4n2c31. The first-order valence-electron chi connectivity index (χ1n) is 23.5. The maximum atomic E-state index is 6.79. The molecule has 0 saturated carbocycles. The molecule has 0 radical (unpaired) electrons. The molecule has 5 aromatic heterocycles. The molecule has 0 bridgehead atoms. The van der Waals surface area contributed by atoms with Gasteiger partial charge in [0.1, 0.15) is 11.2 Å². The Morgan fingerprint density at radius 2 is 1.06 bits per heavy atom. The Labute approximate surface area is 391 Å². The fraction of sp³-hybridized carbons (Fsp3) is 0.180. The number of benzene rings is 7. The van der Waals surface area contributed by atoms with Gasteiger partial charge in [0, 0.05) is 67.8 Å². The van der Waals surface area contributed by atoms with E-state index in [1.54, 1.807) is 0 Å². The number of pyridine rings is 2. The van der Waals surface area contributed by atoms with E-state index < -0.39 is 0 Å². The minimum atomic E-state index is 0.0445. The zero-order valence-corrected chi connectivity index (χ0v) is 39.4. The molecule has 0 aliphatic rings. The summed E-state index contributed by atoms with van der Waals surface area (Å²) in [5.74, 6) is 0.384. The smallest absolute Gasteiger partial charge is 0.137 e. The molecule has 7 aromatic carbocycles. The Balaban J connectivity index is 1.05. The quantitative estimate of drug-likeness (QED) is 0.160. The molecular weight excluding hydrogens is 819 g/mol. The van der Waals surface area contributed by atoms with Crippen molar-refractivity contribution in [3.05, 3.63) is 187 Å². The highest BCUT2D eigenvalue weighted by molar-refractivity contribution is 6.29. The third-order valence-electron chi connectivity index (χ3n) is 13.9. The molecular formula is C61H53N5O. The third-order valence-corrected chi connectivity index (χ3v) is 13.9. The molecule has 0 atom stereocenters. The lowest BCUT2D eigenvalue weighted by Gasteiger charge is -2.27. The number of hydrogen-bond donors (Lipinski definition) is 0. The number of fused-ring (bicyclic) bond motifs is 10. The summed E-state index contributed by atoms with van der Waals surface area (Å²) >= 11 is 0. The van der Waals surface area contributed by atoms with E-state index in [0.29, 0.717) is 5.92 Å². The summed E-state index contributed by atoms with van der Waals surface area (Å²) in [6.45, 7) is 18.1. The second kappa shape index (κ2) is 14.9. The van der Waals surface area contributed by atoms with Crippen molar-refractivity contribution in [2.45, 2.75) is 72.1 Å². The van der Waals surface area contributed by atoms with Gasteiger partial charge in [-0.25, -0.2) is 0 Å². The predicted octanol–water partition coefficient (Wildman–Crippen LogP) is 17.3. The standard InChI is InChI=1S/C61H53N5O/c1-37(2)38-13-25-53-52(29-38)58-54(65(47-12-10-28-63-36-47)44-20-16-42(17-21-44)61(6,7)8)26-24-49-50-30-40-33-56-51(31-39(40)32-55(50)66(53)59(49)58)48-23-22-45(34-57(48)67-56)64(46-11-9-27-62-35-46)43-18-14-41(15-19-43)60(3,4)5/h9-37H,1-8H3. The van der Waals surface area contributed by atoms with Crippen LogP contribution in [0.1, 0.15) is 78.0 Å². The summed E-state index contributed by atoms with van der Waals surface area (Å²) in [6, 6.07) is 53.8. The minimum absolute atomic E-state index is 0.0445. The summed E-state index contributed by atoms with van der Waals surface area (Å²) in [5, 5.41) is 9.44. The van der Waals surface area contributed by atoms with Crippen LogP contribution in [-0.2, 0) is 10.8 Å². The topological polar surface area (TPSA) is 49.8 Å². The van der Waals surface area contributed by atoms with Gasteiger partial charge in [-0.2, -0.15) is 0 Å². The van der Waals surface area contributed by atoms with Crippen molar-refractivity contribution in [3.63, 3.8) is 0 Å². The van der Waals surface area contributed by atoms with Gasteiger partial charge < -0.3 is 18.6 Å². The normalized spacial score (nSPS) is 12.6. The summed E-state index contributed by atoms with van der Waals surface area (Å²) in [4.78, 5) is 13.7. The highest BCUT2D eigenvalue weighted by Gasteiger charge is 2.26. The van der Waals surface area contributed by atoms with Crippen LogP contribution >= 0.6 is 0 Å². The first-order valence-corrected chi connectivity index (χ1v) is 23.5. The van der Waals surface area contributed by atoms with Crippen LogP contribution < -0.4 is 9.80 Å². The average Bonchev–Trinajstić information content (AvgIpc) is 3.97. The van der Waals surface area contributed by atoms with Crippen molar-refractivity contribution in [1.82, 2.24) is 14.4 Å². The molecule has 0 unspecified atom stereocenters. The highest BCUT2D eigenvalue weighted by Crippen LogP contribution is 2.49. The summed E-state index contributed by atoms with van der Waals surface area (Å²) in [7, 11) is 0. The van der Waals surface area contributed by atoms with Crippen molar-refractivity contribution < 1.29 is 4.42 Å². The molecule has 0 spiro atoms. The van der Waals surface area contributed by atoms with Gasteiger partial charge in [0.15, 0.2) is 0 Å². The van der Waals surface area contributed by atoms with Gasteiger partial charge in [-0.15, -0.1) is 0 Å². The van der Waals surface area contributed by atoms with Crippen LogP contribution in [0, 0.1) is 0 Å². The number of aromatic nitrogens is 3. The Morgan fingerprint density at radius 3 is 1.69 bits per heavy atom. The van der Waals surface area contributed by atoms with Crippen molar-refractivity contribution in [1.29, 1.82) is 0 Å². The molecule has 0 N–H and O–H groups in total. The molecule has 0 amide bonds. The second-order valence-corrected chi connectivity index (χ2v) is 20.7. The van der Waals surface area contributed by atoms with E-state index in [2.05, 4.69) is 213 Å². The van der Waals surface area contributed by atoms with Crippen molar-refractivity contribution >= 4 is 105 Å². The molecule has 328 valence electrons. The molecule has 6 heteroatoms. The molecule has 0 fully saturated rings. The van der Waals surface area contributed by atoms with Gasteiger partial charge in [0.05, 0.1) is 46.0 Å². The Bertz CT molecular complexity index is 3830. The van der Waals surface area contributed by atoms with E-state index in [9.17, 15) is 0 Å². The summed E-state index contributed by atoms with van der Waals surface area (Å²) < 4.78 is 9.30. The monoisotopic (exact) mass is 871 g/mol. The molecule has 0 aliphatic heterocycles. The van der Waals surface area contributed by atoms with Gasteiger partial charge >= 0.3 is 0 Å². The van der Waals surface area contributed by atoms with Crippen LogP contribution in [0.5, 0.6) is 0 Å². The number of rotatable bonds is 7. The van der Waals surface area contributed by atoms with Crippen LogP contribution in [0.2, 0.25) is 0 Å². The van der Waals surface area contributed by atoms with Gasteiger partial charge in [-0.05, 0) is 147 Å². The van der Waals surface area contributed by atoms with E-state index in [4.69, 9.17) is 4.42 Å². The maximum Gasteiger partial charge on any atom is 0.137 e. The van der Waals surface area contributed by atoms with Gasteiger partial charge in [0.25, 0.3) is 0 Å². The molecule has 67 heavy (non-hydrogen) atoms. The molecule has 0 aliphatic carbocycles. The molecule has 5 heterocycles. The molecule has 0 saturated heterocycles. The van der Waals surface area contributed by atoms with E-state index in [1.807, 2.05) is 36.9 Å². The van der Waals surface area contributed by atoms with Gasteiger partial charge in [0.2, 0.25) is 0 Å². The van der Waals surface area contributed by atoms with Crippen LogP contribution in [0.15, 0.2) is 175 Å². The Morgan fingerprint density at radius 1 is 0.478 bits per heavy atom. The second-order valence-electron chi connectivity index (χ2n) is 20.7. The lowest BCUT2D eigenvalue weighted by molar-refractivity contribution is 0.590. The summed E-state index contributed by atoms with van der Waals surface area (Å²) in [6.07, 6.45) is 7.55. The zero-order valence-electron chi connectivity index (χ0n) is 39.4. The van der Waals surface area contributed by atoms with Gasteiger partial charge in [-0.1, -0.05) is 91.8 Å². The number of nitrogens with zero attached hydrogens (tertiary/aromatic N) is 5. The maximum absolute atomic E-state index is 6.79. The minimum Gasteiger partial charge on any atom is -0.456 e. The number of furan rings is 1. The van der Waals surface area contributed by atoms with Crippen molar-refractivity contribution in [2.24, 2.45) is 0 Å². The number of hydrogen-bond acceptors (Lipinski definition) is 5. The summed E-state index contributed by atoms with van der Waals surface area (Å²) in [5.41, 5.74) is 15.7. The molecule has 6 nitrogen and oxygen atoms in total. The lowest BCUT2D eigenvalue weighted by Crippen LogP contribution is -2.13. The van der Waals surface area contributed by atoms with Crippen LogP contribution in [-0.4, -0.2) is 14.4 Å². The van der Waals surface area contributed by atoms with Crippen LogP contribution in [0.25, 0.3) is 70.8 Å². The number of anilines is 6. The fourth-order valence-corrected chi connectivity index (χ4v) is 10.3. The van der Waals surface area contributed by atoms with E-state index in [1.165, 1.54) is 60.2 Å². The van der Waals surface area contributed by atoms with E-state index in [0.717, 1.165) is 61.4 Å². The van der Waals surface area contributed by atoms with E-state index >= 15 is 0 Å². The lowest BCUT2D eigenvalue weighted by atomic mass is 9.87. The average molecular weight is 872 g/mol.